The van der Waals surface area contributed by atoms with E-state index in [-0.39, 0.29) is 29.6 Å². The number of carbonyl (C=O) groups is 3. The molecule has 1 aromatic heterocycles. The number of aliphatic hydroxyl groups is 1. The number of carbonyl (C=O) groups excluding carboxylic acids is 3. The second-order valence-corrected chi connectivity index (χ2v) is 8.17. The van der Waals surface area contributed by atoms with Crippen molar-refractivity contribution in [1.82, 2.24) is 9.80 Å². The highest BCUT2D eigenvalue weighted by Gasteiger charge is 2.42. The number of hydrogen-bond donors (Lipinski definition) is 1. The number of nitrogens with zero attached hydrogens (tertiary/aromatic N) is 2. The summed E-state index contributed by atoms with van der Waals surface area (Å²) in [6, 6.07) is 3.44. The van der Waals surface area contributed by atoms with Crippen LogP contribution in [0.3, 0.4) is 0 Å². The Morgan fingerprint density at radius 2 is 2.00 bits per heavy atom. The van der Waals surface area contributed by atoms with Gasteiger partial charge in [-0.2, -0.15) is 0 Å². The summed E-state index contributed by atoms with van der Waals surface area (Å²) in [5.41, 5.74) is -0.0718. The lowest BCUT2D eigenvalue weighted by Crippen LogP contribution is -2.55. The van der Waals surface area contributed by atoms with Crippen LogP contribution in [0.25, 0.3) is 0 Å². The first-order valence-electron chi connectivity index (χ1n) is 8.73. The van der Waals surface area contributed by atoms with Gasteiger partial charge in [0.25, 0.3) is 5.91 Å². The largest absolute Gasteiger partial charge is 0.395 e. The molecule has 0 bridgehead atoms. The number of aliphatic hydroxyl groups excluding tert-OH is 1. The number of ketones is 1. The van der Waals surface area contributed by atoms with Gasteiger partial charge in [0.1, 0.15) is 0 Å². The van der Waals surface area contributed by atoms with Gasteiger partial charge < -0.3 is 14.9 Å². The summed E-state index contributed by atoms with van der Waals surface area (Å²) in [6.45, 7) is 3.79. The van der Waals surface area contributed by atoms with Gasteiger partial charge in [-0.15, -0.1) is 11.3 Å². The minimum absolute atomic E-state index is 0.0235. The molecule has 2 saturated heterocycles. The van der Waals surface area contributed by atoms with Gasteiger partial charge in [-0.1, -0.05) is 0 Å². The third-order valence-corrected chi connectivity index (χ3v) is 6.40. The van der Waals surface area contributed by atoms with Crippen molar-refractivity contribution in [1.29, 1.82) is 0 Å². The summed E-state index contributed by atoms with van der Waals surface area (Å²) in [6.07, 6.45) is 3.18. The van der Waals surface area contributed by atoms with Crippen LogP contribution in [0.5, 0.6) is 0 Å². The summed E-state index contributed by atoms with van der Waals surface area (Å²) in [7, 11) is 0. The molecular formula is C18H24N2O4S. The van der Waals surface area contributed by atoms with Crippen molar-refractivity contribution in [2.45, 2.75) is 32.6 Å². The number of Topliss-reactive ketones (excluding diaryl/α,β-unsaturated/α-hetero) is 1. The molecule has 1 N–H and O–H groups in total. The van der Waals surface area contributed by atoms with Gasteiger partial charge in [0.15, 0.2) is 5.78 Å². The molecule has 2 aliphatic heterocycles. The van der Waals surface area contributed by atoms with Crippen molar-refractivity contribution in [3.8, 4) is 0 Å². The Morgan fingerprint density at radius 1 is 1.24 bits per heavy atom. The number of rotatable bonds is 4. The molecule has 3 rings (SSSR count). The average molecular weight is 364 g/mol. The maximum absolute atomic E-state index is 12.8. The van der Waals surface area contributed by atoms with Crippen molar-refractivity contribution >= 4 is 28.9 Å². The molecule has 7 heteroatoms. The molecule has 2 aliphatic rings. The molecule has 0 saturated carbocycles. The number of amides is 2. The summed E-state index contributed by atoms with van der Waals surface area (Å²) in [4.78, 5) is 41.1. The summed E-state index contributed by atoms with van der Waals surface area (Å²) < 4.78 is 0. The molecule has 1 atom stereocenters. The second-order valence-electron chi connectivity index (χ2n) is 7.09. The van der Waals surface area contributed by atoms with E-state index >= 15 is 0 Å². The molecule has 136 valence electrons. The fraction of sp³-hybridized carbons (Fsp3) is 0.611. The lowest BCUT2D eigenvalue weighted by Gasteiger charge is -2.48. The normalized spacial score (nSPS) is 24.0. The van der Waals surface area contributed by atoms with E-state index in [0.717, 1.165) is 19.3 Å². The Balaban J connectivity index is 1.72. The Morgan fingerprint density at radius 3 is 2.68 bits per heavy atom. The molecule has 0 aliphatic carbocycles. The Kier molecular flexibility index (Phi) is 5.24. The van der Waals surface area contributed by atoms with E-state index in [4.69, 9.17) is 0 Å². The van der Waals surface area contributed by atoms with Crippen LogP contribution in [-0.2, 0) is 4.79 Å². The smallest absolute Gasteiger partial charge is 0.263 e. The van der Waals surface area contributed by atoms with Gasteiger partial charge in [0.05, 0.1) is 16.4 Å². The fourth-order valence-electron chi connectivity index (χ4n) is 3.94. The van der Waals surface area contributed by atoms with Crippen molar-refractivity contribution < 1.29 is 19.5 Å². The number of thiophene rings is 1. The number of likely N-dealkylation sites (tertiary alicyclic amines) is 2. The highest BCUT2D eigenvalue weighted by Crippen LogP contribution is 2.39. The zero-order valence-corrected chi connectivity index (χ0v) is 15.3. The highest BCUT2D eigenvalue weighted by molar-refractivity contribution is 7.15. The molecular weight excluding hydrogens is 340 g/mol. The molecule has 0 radical (unpaired) electrons. The van der Waals surface area contributed by atoms with E-state index in [0.29, 0.717) is 42.4 Å². The van der Waals surface area contributed by atoms with Crippen molar-refractivity contribution in [3.05, 3.63) is 21.9 Å². The van der Waals surface area contributed by atoms with Crippen molar-refractivity contribution in [3.63, 3.8) is 0 Å². The van der Waals surface area contributed by atoms with Gasteiger partial charge in [-0.05, 0) is 38.3 Å². The van der Waals surface area contributed by atoms with Crippen LogP contribution in [0.1, 0.15) is 52.0 Å². The van der Waals surface area contributed by atoms with Gasteiger partial charge in [-0.3, -0.25) is 14.4 Å². The number of β-amino-alcohol motifs (C(OH)–C–C–N with tert-alkyl or cyclic N) is 1. The van der Waals surface area contributed by atoms with E-state index in [1.165, 1.54) is 18.3 Å². The van der Waals surface area contributed by atoms with E-state index in [2.05, 4.69) is 0 Å². The van der Waals surface area contributed by atoms with Crippen LogP contribution in [0.15, 0.2) is 12.1 Å². The lowest BCUT2D eigenvalue weighted by atomic mass is 9.73. The van der Waals surface area contributed by atoms with Crippen molar-refractivity contribution in [2.75, 3.05) is 32.8 Å². The molecule has 1 spiro atoms. The fourth-order valence-corrected chi connectivity index (χ4v) is 4.81. The van der Waals surface area contributed by atoms with Crippen molar-refractivity contribution in [2.24, 2.45) is 5.41 Å². The minimum atomic E-state index is -0.0718. The minimum Gasteiger partial charge on any atom is -0.395 e. The molecule has 2 fully saturated rings. The summed E-state index contributed by atoms with van der Waals surface area (Å²) >= 11 is 1.25. The zero-order chi connectivity index (χ0) is 18.0. The monoisotopic (exact) mass is 364 g/mol. The van der Waals surface area contributed by atoms with E-state index in [1.807, 2.05) is 4.90 Å². The first-order chi connectivity index (χ1) is 11.9. The van der Waals surface area contributed by atoms with Crippen LogP contribution >= 0.6 is 11.3 Å². The highest BCUT2D eigenvalue weighted by atomic mass is 32.1. The second kappa shape index (κ2) is 7.25. The van der Waals surface area contributed by atoms with E-state index in [9.17, 15) is 19.5 Å². The van der Waals surface area contributed by atoms with Crippen LogP contribution in [0, 0.1) is 5.41 Å². The van der Waals surface area contributed by atoms with Crippen LogP contribution in [0.4, 0.5) is 0 Å². The summed E-state index contributed by atoms with van der Waals surface area (Å²) in [5, 5.41) is 9.17. The molecule has 0 unspecified atom stereocenters. The third kappa shape index (κ3) is 3.77. The van der Waals surface area contributed by atoms with Crippen LogP contribution in [0.2, 0.25) is 0 Å². The standard InChI is InChI=1S/C18H24N2O4S/c1-13(22)14-3-4-15(25-14)17(24)20-8-2-6-18(12-20)7-5-16(23)19(11-18)9-10-21/h3-4,21H,2,5-12H2,1H3/t18-/m1/s1. The van der Waals surface area contributed by atoms with Gasteiger partial charge in [-0.25, -0.2) is 0 Å². The Hall–Kier alpha value is -1.73. The first kappa shape index (κ1) is 18.1. The SMILES string of the molecule is CC(=O)c1ccc(C(=O)N2CCC[C@]3(CCC(=O)N(CCO)C3)C2)s1. The Bertz CT molecular complexity index is 686. The zero-order valence-electron chi connectivity index (χ0n) is 14.5. The maximum Gasteiger partial charge on any atom is 0.263 e. The van der Waals surface area contributed by atoms with Gasteiger partial charge >= 0.3 is 0 Å². The maximum atomic E-state index is 12.8. The summed E-state index contributed by atoms with van der Waals surface area (Å²) in [5.74, 6) is 0.0410. The molecule has 0 aromatic carbocycles. The predicted molar refractivity (Wildman–Crippen MR) is 94.8 cm³/mol. The molecule has 1 aromatic rings. The number of piperidine rings is 2. The quantitative estimate of drug-likeness (QED) is 0.826. The number of hydrogen-bond acceptors (Lipinski definition) is 5. The third-order valence-electron chi connectivity index (χ3n) is 5.23. The topological polar surface area (TPSA) is 77.9 Å². The lowest BCUT2D eigenvalue weighted by molar-refractivity contribution is -0.139. The van der Waals surface area contributed by atoms with Gasteiger partial charge in [0.2, 0.25) is 5.91 Å². The van der Waals surface area contributed by atoms with Crippen LogP contribution < -0.4 is 0 Å². The molecule has 2 amide bonds. The van der Waals surface area contributed by atoms with Gasteiger partial charge in [0, 0.05) is 38.0 Å². The van der Waals surface area contributed by atoms with E-state index < -0.39 is 0 Å². The van der Waals surface area contributed by atoms with Crippen LogP contribution in [-0.4, -0.2) is 65.3 Å². The Labute approximate surface area is 151 Å². The molecule has 25 heavy (non-hydrogen) atoms. The average Bonchev–Trinajstić information content (AvgIpc) is 3.08. The molecule has 3 heterocycles. The first-order valence-corrected chi connectivity index (χ1v) is 9.54. The van der Waals surface area contributed by atoms with E-state index in [1.54, 1.807) is 17.0 Å². The predicted octanol–water partition coefficient (Wildman–Crippen LogP) is 1.79. The molecule has 6 nitrogen and oxygen atoms in total.